The van der Waals surface area contributed by atoms with Crippen molar-refractivity contribution in [3.05, 3.63) is 65.4 Å². The predicted octanol–water partition coefficient (Wildman–Crippen LogP) is 2.70. The molecule has 8 heteroatoms. The van der Waals surface area contributed by atoms with Crippen molar-refractivity contribution < 1.29 is 9.21 Å². The summed E-state index contributed by atoms with van der Waals surface area (Å²) in [6, 6.07) is 12.5. The summed E-state index contributed by atoms with van der Waals surface area (Å²) in [5.74, 6) is 1.78. The molecular weight excluding hydrogens is 368 g/mol. The molecule has 0 unspecified atom stereocenters. The Morgan fingerprint density at radius 3 is 2.62 bits per heavy atom. The Balaban J connectivity index is 1.29. The molecule has 1 N–H and O–H groups in total. The second-order valence-electron chi connectivity index (χ2n) is 7.94. The van der Waals surface area contributed by atoms with Gasteiger partial charge in [-0.3, -0.25) is 9.69 Å². The highest BCUT2D eigenvalue weighted by Gasteiger charge is 2.28. The highest BCUT2D eigenvalue weighted by Crippen LogP contribution is 2.34. The summed E-state index contributed by atoms with van der Waals surface area (Å²) in [7, 11) is 0. The average molecular weight is 392 g/mol. The first-order valence-electron chi connectivity index (χ1n) is 10.2. The van der Waals surface area contributed by atoms with Crippen molar-refractivity contribution in [2.45, 2.75) is 57.4 Å². The molecule has 2 fully saturated rings. The number of hydrogen-bond acceptors (Lipinski definition) is 6. The number of amides is 1. The van der Waals surface area contributed by atoms with E-state index in [0.717, 1.165) is 42.8 Å². The van der Waals surface area contributed by atoms with Gasteiger partial charge in [0, 0.05) is 18.2 Å². The van der Waals surface area contributed by atoms with Crippen LogP contribution in [0.3, 0.4) is 0 Å². The molecule has 150 valence electrons. The van der Waals surface area contributed by atoms with Crippen LogP contribution in [0.25, 0.3) is 0 Å². The van der Waals surface area contributed by atoms with Gasteiger partial charge in [0.15, 0.2) is 5.82 Å². The van der Waals surface area contributed by atoms with Crippen LogP contribution in [0.15, 0.2) is 47.1 Å². The Kier molecular flexibility index (Phi) is 4.85. The van der Waals surface area contributed by atoms with E-state index >= 15 is 0 Å². The third-order valence-electron chi connectivity index (χ3n) is 5.31. The van der Waals surface area contributed by atoms with Gasteiger partial charge < -0.3 is 9.73 Å². The van der Waals surface area contributed by atoms with Crippen LogP contribution in [-0.2, 0) is 19.6 Å². The van der Waals surface area contributed by atoms with Gasteiger partial charge in [-0.25, -0.2) is 4.68 Å². The predicted molar refractivity (Wildman–Crippen MR) is 105 cm³/mol. The molecule has 0 atom stereocenters. The molecule has 0 aliphatic heterocycles. The van der Waals surface area contributed by atoms with Gasteiger partial charge in [-0.05, 0) is 65.9 Å². The highest BCUT2D eigenvalue weighted by atomic mass is 16.3. The van der Waals surface area contributed by atoms with E-state index in [1.165, 1.54) is 0 Å². The quantitative estimate of drug-likeness (QED) is 0.602. The fourth-order valence-electron chi connectivity index (χ4n) is 3.43. The number of rotatable bonds is 9. The van der Waals surface area contributed by atoms with E-state index in [1.807, 2.05) is 41.1 Å². The van der Waals surface area contributed by atoms with E-state index in [1.54, 1.807) is 6.26 Å². The van der Waals surface area contributed by atoms with E-state index in [2.05, 4.69) is 25.7 Å². The summed E-state index contributed by atoms with van der Waals surface area (Å²) < 4.78 is 7.50. The molecule has 3 aromatic rings. The summed E-state index contributed by atoms with van der Waals surface area (Å²) in [4.78, 5) is 14.5. The van der Waals surface area contributed by atoms with E-state index in [4.69, 9.17) is 4.42 Å². The van der Waals surface area contributed by atoms with Gasteiger partial charge in [0.1, 0.15) is 5.76 Å². The van der Waals surface area contributed by atoms with Crippen LogP contribution in [0.4, 0.5) is 0 Å². The number of furan rings is 1. The molecule has 2 aliphatic carbocycles. The number of aromatic nitrogens is 4. The van der Waals surface area contributed by atoms with Crippen molar-refractivity contribution in [2.75, 3.05) is 0 Å². The van der Waals surface area contributed by atoms with Crippen LogP contribution in [0.2, 0.25) is 0 Å². The number of nitrogens with one attached hydrogen (secondary N) is 1. The molecule has 0 radical (unpaired) electrons. The molecule has 29 heavy (non-hydrogen) atoms. The smallest absolute Gasteiger partial charge is 0.251 e. The van der Waals surface area contributed by atoms with Crippen LogP contribution in [0.1, 0.15) is 59.2 Å². The zero-order valence-electron chi connectivity index (χ0n) is 16.2. The van der Waals surface area contributed by atoms with Gasteiger partial charge in [-0.15, -0.1) is 5.10 Å². The van der Waals surface area contributed by atoms with Crippen molar-refractivity contribution in [3.63, 3.8) is 0 Å². The van der Waals surface area contributed by atoms with Crippen LogP contribution < -0.4 is 5.32 Å². The molecule has 1 aromatic carbocycles. The van der Waals surface area contributed by atoms with Crippen LogP contribution in [0.5, 0.6) is 0 Å². The molecule has 0 bridgehead atoms. The lowest BCUT2D eigenvalue weighted by molar-refractivity contribution is 0.0951. The minimum atomic E-state index is 0.00935. The first-order chi connectivity index (χ1) is 14.2. The Morgan fingerprint density at radius 2 is 1.93 bits per heavy atom. The zero-order valence-corrected chi connectivity index (χ0v) is 16.2. The molecule has 2 aliphatic rings. The molecule has 0 spiro atoms. The summed E-state index contributed by atoms with van der Waals surface area (Å²) in [5, 5.41) is 15.3. The van der Waals surface area contributed by atoms with Gasteiger partial charge in [0.2, 0.25) is 0 Å². The van der Waals surface area contributed by atoms with Crippen LogP contribution >= 0.6 is 0 Å². The maximum Gasteiger partial charge on any atom is 0.251 e. The second kappa shape index (κ2) is 7.79. The summed E-state index contributed by atoms with van der Waals surface area (Å²) >= 11 is 0. The average Bonchev–Trinajstić information content (AvgIpc) is 3.64. The standard InChI is InChI=1S/C21H24N6O2/c28-21(22-17-7-8-17)16-5-3-15(4-6-16)12-26(13-19-2-1-11-29-19)14-20-23-24-25-27(20)18-9-10-18/h1-6,11,17-18H,7-10,12-14H2,(H,22,28). The van der Waals surface area contributed by atoms with E-state index in [9.17, 15) is 4.79 Å². The fourth-order valence-corrected chi connectivity index (χ4v) is 3.43. The van der Waals surface area contributed by atoms with Crippen LogP contribution in [0, 0.1) is 0 Å². The molecule has 8 nitrogen and oxygen atoms in total. The van der Waals surface area contributed by atoms with E-state index in [-0.39, 0.29) is 5.91 Å². The molecular formula is C21H24N6O2. The third kappa shape index (κ3) is 4.54. The van der Waals surface area contributed by atoms with Gasteiger partial charge in [-0.2, -0.15) is 0 Å². The number of nitrogens with zero attached hydrogens (tertiary/aromatic N) is 5. The lowest BCUT2D eigenvalue weighted by atomic mass is 10.1. The van der Waals surface area contributed by atoms with Gasteiger partial charge in [0.05, 0.1) is 25.4 Å². The van der Waals surface area contributed by atoms with Crippen molar-refractivity contribution in [3.8, 4) is 0 Å². The van der Waals surface area contributed by atoms with Crippen molar-refractivity contribution in [2.24, 2.45) is 0 Å². The number of benzene rings is 1. The van der Waals surface area contributed by atoms with E-state index in [0.29, 0.717) is 37.3 Å². The Bertz CT molecular complexity index is 957. The highest BCUT2D eigenvalue weighted by molar-refractivity contribution is 5.94. The number of carbonyl (C=O) groups is 1. The summed E-state index contributed by atoms with van der Waals surface area (Å²) in [5.41, 5.74) is 1.83. The van der Waals surface area contributed by atoms with Crippen molar-refractivity contribution in [1.82, 2.24) is 30.4 Å². The number of tetrazole rings is 1. The Hall–Kier alpha value is -3.00. The molecule has 0 saturated heterocycles. The van der Waals surface area contributed by atoms with Gasteiger partial charge in [-0.1, -0.05) is 12.1 Å². The first kappa shape index (κ1) is 18.1. The fraction of sp³-hybridized carbons (Fsp3) is 0.429. The summed E-state index contributed by atoms with van der Waals surface area (Å²) in [6.07, 6.45) is 6.15. The minimum absolute atomic E-state index is 0.00935. The molecule has 5 rings (SSSR count). The lowest BCUT2D eigenvalue weighted by Gasteiger charge is -2.21. The number of hydrogen-bond donors (Lipinski definition) is 1. The lowest BCUT2D eigenvalue weighted by Crippen LogP contribution is -2.26. The maximum absolute atomic E-state index is 12.2. The monoisotopic (exact) mass is 392 g/mol. The first-order valence-corrected chi connectivity index (χ1v) is 10.2. The molecule has 2 aromatic heterocycles. The largest absolute Gasteiger partial charge is 0.468 e. The van der Waals surface area contributed by atoms with Crippen molar-refractivity contribution >= 4 is 5.91 Å². The molecule has 2 heterocycles. The second-order valence-corrected chi connectivity index (χ2v) is 7.94. The van der Waals surface area contributed by atoms with Gasteiger partial charge in [0.25, 0.3) is 5.91 Å². The third-order valence-corrected chi connectivity index (χ3v) is 5.31. The molecule has 1 amide bonds. The normalized spacial score (nSPS) is 16.3. The van der Waals surface area contributed by atoms with Crippen LogP contribution in [-0.4, -0.2) is 37.1 Å². The molecule has 2 saturated carbocycles. The minimum Gasteiger partial charge on any atom is -0.468 e. The van der Waals surface area contributed by atoms with E-state index < -0.39 is 0 Å². The maximum atomic E-state index is 12.2. The zero-order chi connectivity index (χ0) is 19.6. The van der Waals surface area contributed by atoms with Crippen molar-refractivity contribution in [1.29, 1.82) is 0 Å². The van der Waals surface area contributed by atoms with Gasteiger partial charge >= 0.3 is 0 Å². The number of carbonyl (C=O) groups excluding carboxylic acids is 1. The topological polar surface area (TPSA) is 89.1 Å². The Labute approximate surface area is 168 Å². The summed E-state index contributed by atoms with van der Waals surface area (Å²) in [6.45, 7) is 2.01. The SMILES string of the molecule is O=C(NC1CC1)c1ccc(CN(Cc2ccco2)Cc2nnnn2C2CC2)cc1. The Morgan fingerprint density at radius 1 is 1.10 bits per heavy atom.